The van der Waals surface area contributed by atoms with E-state index in [4.69, 9.17) is 11.5 Å². The summed E-state index contributed by atoms with van der Waals surface area (Å²) in [6.45, 7) is 7.13. The van der Waals surface area contributed by atoms with E-state index in [0.29, 0.717) is 18.4 Å². The molecule has 0 aliphatic carbocycles. The van der Waals surface area contributed by atoms with Gasteiger partial charge >= 0.3 is 5.97 Å². The number of carboxylic acids is 1. The predicted molar refractivity (Wildman–Crippen MR) is 141 cm³/mol. The van der Waals surface area contributed by atoms with E-state index in [9.17, 15) is 34.2 Å². The average Bonchev–Trinajstić information content (AvgIpc) is 2.88. The van der Waals surface area contributed by atoms with Crippen LogP contribution >= 0.6 is 0 Å². The van der Waals surface area contributed by atoms with Crippen LogP contribution in [0.1, 0.15) is 58.9 Å². The number of hydrogen-bond acceptors (Lipinski definition) is 7. The van der Waals surface area contributed by atoms with Crippen LogP contribution in [0, 0.1) is 11.8 Å². The number of nitrogens with two attached hydrogens (primary N) is 2. The summed E-state index contributed by atoms with van der Waals surface area (Å²) >= 11 is 0. The number of carbonyl (C=O) groups excluding carboxylic acids is 4. The van der Waals surface area contributed by atoms with E-state index in [1.165, 1.54) is 12.1 Å². The van der Waals surface area contributed by atoms with Crippen LogP contribution in [-0.2, 0) is 30.4 Å². The number of carbonyl (C=O) groups is 5. The number of aliphatic carboxylic acids is 1. The van der Waals surface area contributed by atoms with Gasteiger partial charge in [0, 0.05) is 12.8 Å². The van der Waals surface area contributed by atoms with Crippen molar-refractivity contribution >= 4 is 29.6 Å². The summed E-state index contributed by atoms with van der Waals surface area (Å²) in [5.41, 5.74) is 11.8. The lowest BCUT2D eigenvalue weighted by Gasteiger charge is -2.27. The molecule has 0 radical (unpaired) electrons. The third-order valence-electron chi connectivity index (χ3n) is 6.66. The largest absolute Gasteiger partial charge is 0.508 e. The van der Waals surface area contributed by atoms with Gasteiger partial charge in [0.25, 0.3) is 0 Å². The summed E-state index contributed by atoms with van der Waals surface area (Å²) in [6.07, 6.45) is 0.749. The van der Waals surface area contributed by atoms with Crippen molar-refractivity contribution in [3.8, 4) is 5.75 Å². The maximum atomic E-state index is 13.3. The smallest absolute Gasteiger partial charge is 0.326 e. The zero-order valence-corrected chi connectivity index (χ0v) is 22.4. The molecule has 4 amide bonds. The highest BCUT2D eigenvalue weighted by atomic mass is 16.4. The van der Waals surface area contributed by atoms with Crippen LogP contribution in [0.25, 0.3) is 0 Å². The molecule has 0 saturated heterocycles. The van der Waals surface area contributed by atoms with Gasteiger partial charge in [-0.05, 0) is 36.0 Å². The minimum absolute atomic E-state index is 0.00775. The van der Waals surface area contributed by atoms with Crippen molar-refractivity contribution in [2.24, 2.45) is 23.3 Å². The van der Waals surface area contributed by atoms with Gasteiger partial charge in [-0.3, -0.25) is 19.2 Å². The van der Waals surface area contributed by atoms with Crippen molar-refractivity contribution in [2.45, 2.75) is 84.0 Å². The number of carboxylic acid groups (broad SMARTS) is 1. The molecule has 0 saturated carbocycles. The Morgan fingerprint density at radius 3 is 1.87 bits per heavy atom. The molecule has 1 aromatic carbocycles. The number of nitrogens with one attached hydrogen (secondary N) is 3. The molecular weight excluding hydrogens is 494 g/mol. The van der Waals surface area contributed by atoms with Crippen LogP contribution in [0.3, 0.4) is 0 Å². The average molecular weight is 536 g/mol. The van der Waals surface area contributed by atoms with Crippen LogP contribution in [-0.4, -0.2) is 64.0 Å². The van der Waals surface area contributed by atoms with Gasteiger partial charge in [-0.15, -0.1) is 0 Å². The first-order valence-electron chi connectivity index (χ1n) is 12.8. The molecule has 12 nitrogen and oxygen atoms in total. The second kappa shape index (κ2) is 15.6. The number of aromatic hydroxyl groups is 1. The number of primary amides is 1. The van der Waals surface area contributed by atoms with Gasteiger partial charge in [-0.25, -0.2) is 4.79 Å². The Bertz CT molecular complexity index is 969. The molecule has 0 aromatic heterocycles. The summed E-state index contributed by atoms with van der Waals surface area (Å²) in [4.78, 5) is 62.3. The SMILES string of the molecule is CCC(C)C(N)C(=O)NC(CCC(N)=O)C(=O)NC(Cc1ccc(O)cc1)C(=O)NC(C(=O)O)C(C)CC. The Morgan fingerprint density at radius 1 is 0.842 bits per heavy atom. The van der Waals surface area contributed by atoms with Gasteiger partial charge in [-0.2, -0.15) is 0 Å². The van der Waals surface area contributed by atoms with Crippen molar-refractivity contribution in [1.29, 1.82) is 0 Å². The van der Waals surface area contributed by atoms with Crippen LogP contribution in [0.5, 0.6) is 5.75 Å². The third kappa shape index (κ3) is 10.4. The number of amides is 4. The Hall–Kier alpha value is -3.67. The van der Waals surface area contributed by atoms with Crippen LogP contribution < -0.4 is 27.4 Å². The quantitative estimate of drug-likeness (QED) is 0.154. The molecule has 1 aromatic rings. The number of rotatable bonds is 16. The Morgan fingerprint density at radius 2 is 1.37 bits per heavy atom. The van der Waals surface area contributed by atoms with Gasteiger partial charge in [0.05, 0.1) is 6.04 Å². The Kier molecular flexibility index (Phi) is 13.2. The maximum Gasteiger partial charge on any atom is 0.326 e. The molecule has 38 heavy (non-hydrogen) atoms. The summed E-state index contributed by atoms with van der Waals surface area (Å²) in [7, 11) is 0. The van der Waals surface area contributed by atoms with Crippen LogP contribution in [0.4, 0.5) is 0 Å². The molecule has 0 heterocycles. The third-order valence-corrected chi connectivity index (χ3v) is 6.66. The highest BCUT2D eigenvalue weighted by Crippen LogP contribution is 2.14. The Labute approximate surface area is 222 Å². The fourth-order valence-corrected chi connectivity index (χ4v) is 3.62. The first-order valence-corrected chi connectivity index (χ1v) is 12.8. The second-order valence-electron chi connectivity index (χ2n) is 9.62. The van der Waals surface area contributed by atoms with Gasteiger partial charge in [0.2, 0.25) is 23.6 Å². The van der Waals surface area contributed by atoms with E-state index in [-0.39, 0.29) is 36.8 Å². The molecule has 6 atom stereocenters. The molecule has 0 aliphatic heterocycles. The summed E-state index contributed by atoms with van der Waals surface area (Å²) in [5.74, 6) is -4.53. The predicted octanol–water partition coefficient (Wildman–Crippen LogP) is 0.159. The lowest BCUT2D eigenvalue weighted by Crippen LogP contribution is -2.58. The van der Waals surface area contributed by atoms with E-state index in [1.807, 2.05) is 6.92 Å². The highest BCUT2D eigenvalue weighted by molar-refractivity contribution is 5.94. The van der Waals surface area contributed by atoms with Gasteiger partial charge in [0.15, 0.2) is 0 Å². The molecule has 1 rings (SSSR count). The first kappa shape index (κ1) is 32.4. The van der Waals surface area contributed by atoms with E-state index < -0.39 is 53.8 Å². The molecule has 0 bridgehead atoms. The molecule has 0 aliphatic rings. The molecule has 12 heteroatoms. The van der Waals surface area contributed by atoms with Crippen LogP contribution in [0.15, 0.2) is 24.3 Å². The minimum Gasteiger partial charge on any atom is -0.508 e. The monoisotopic (exact) mass is 535 g/mol. The van der Waals surface area contributed by atoms with Crippen molar-refractivity contribution in [3.63, 3.8) is 0 Å². The summed E-state index contributed by atoms with van der Waals surface area (Å²) < 4.78 is 0. The van der Waals surface area contributed by atoms with E-state index in [0.717, 1.165) is 0 Å². The fourth-order valence-electron chi connectivity index (χ4n) is 3.62. The topological polar surface area (TPSA) is 214 Å². The standard InChI is InChI=1S/C26H41N5O7/c1-5-14(3)21(28)25(36)29-18(11-12-20(27)33)23(34)30-19(13-16-7-9-17(32)10-8-16)24(35)31-22(26(37)38)15(4)6-2/h7-10,14-15,18-19,21-22,32H,5-6,11-13,28H2,1-4H3,(H2,27,33)(H,29,36)(H,30,34)(H,31,35)(H,37,38). The number of phenols is 1. The van der Waals surface area contributed by atoms with Gasteiger partial charge < -0.3 is 37.6 Å². The first-order chi connectivity index (χ1) is 17.8. The zero-order valence-electron chi connectivity index (χ0n) is 22.4. The number of benzene rings is 1. The molecule has 212 valence electrons. The lowest BCUT2D eigenvalue weighted by molar-refractivity contribution is -0.143. The zero-order chi connectivity index (χ0) is 29.0. The lowest BCUT2D eigenvalue weighted by atomic mass is 9.97. The van der Waals surface area contributed by atoms with Gasteiger partial charge in [-0.1, -0.05) is 52.7 Å². The summed E-state index contributed by atoms with van der Waals surface area (Å²) in [6, 6.07) is 1.41. The number of phenolic OH excluding ortho intramolecular Hbond substituents is 1. The molecule has 0 fully saturated rings. The normalized spacial score (nSPS) is 15.7. The molecular formula is C26H41N5O7. The van der Waals surface area contributed by atoms with Crippen LogP contribution in [0.2, 0.25) is 0 Å². The Balaban J connectivity index is 3.22. The van der Waals surface area contributed by atoms with Crippen molar-refractivity contribution in [2.75, 3.05) is 0 Å². The molecule has 6 unspecified atom stereocenters. The van der Waals surface area contributed by atoms with Crippen molar-refractivity contribution in [3.05, 3.63) is 29.8 Å². The second-order valence-corrected chi connectivity index (χ2v) is 9.62. The molecule has 9 N–H and O–H groups in total. The fraction of sp³-hybridized carbons (Fsp3) is 0.577. The van der Waals surface area contributed by atoms with Gasteiger partial charge in [0.1, 0.15) is 23.9 Å². The van der Waals surface area contributed by atoms with E-state index >= 15 is 0 Å². The minimum atomic E-state index is -1.23. The summed E-state index contributed by atoms with van der Waals surface area (Å²) in [5, 5.41) is 26.8. The maximum absolute atomic E-state index is 13.3. The van der Waals surface area contributed by atoms with Crippen molar-refractivity contribution < 1.29 is 34.2 Å². The van der Waals surface area contributed by atoms with E-state index in [1.54, 1.807) is 32.9 Å². The highest BCUT2D eigenvalue weighted by Gasteiger charge is 2.32. The van der Waals surface area contributed by atoms with Crippen molar-refractivity contribution in [1.82, 2.24) is 16.0 Å². The van der Waals surface area contributed by atoms with E-state index in [2.05, 4.69) is 16.0 Å². The number of hydrogen-bond donors (Lipinski definition) is 7. The molecule has 0 spiro atoms.